The summed E-state index contributed by atoms with van der Waals surface area (Å²) in [5, 5.41) is 7.79. The highest BCUT2D eigenvalue weighted by molar-refractivity contribution is 6.00. The van der Waals surface area contributed by atoms with E-state index in [1.165, 1.54) is 36.9 Å². The van der Waals surface area contributed by atoms with Crippen LogP contribution in [0.3, 0.4) is 0 Å². The summed E-state index contributed by atoms with van der Waals surface area (Å²) >= 11 is 0. The lowest BCUT2D eigenvalue weighted by Gasteiger charge is -2.27. The molecular weight excluding hydrogens is 234 g/mol. The number of aryl methyl sites for hydroxylation is 1. The monoisotopic (exact) mass is 257 g/mol. The molecule has 2 fully saturated rings. The van der Waals surface area contributed by atoms with Crippen LogP contribution in [-0.4, -0.2) is 18.9 Å². The van der Waals surface area contributed by atoms with Gasteiger partial charge in [0.1, 0.15) is 5.84 Å². The number of benzene rings is 1. The maximum Gasteiger partial charge on any atom is 0.124 e. The van der Waals surface area contributed by atoms with Gasteiger partial charge in [0.2, 0.25) is 0 Å². The number of rotatable bonds is 6. The summed E-state index contributed by atoms with van der Waals surface area (Å²) < 4.78 is 0. The number of hydrogen-bond acceptors (Lipinski definition) is 2. The van der Waals surface area contributed by atoms with Crippen LogP contribution in [0, 0.1) is 24.2 Å². The van der Waals surface area contributed by atoms with E-state index in [4.69, 9.17) is 11.1 Å². The van der Waals surface area contributed by atoms with Crippen molar-refractivity contribution < 1.29 is 0 Å². The lowest BCUT2D eigenvalue weighted by Crippen LogP contribution is -2.30. The van der Waals surface area contributed by atoms with Gasteiger partial charge in [-0.05, 0) is 62.1 Å². The zero-order valence-corrected chi connectivity index (χ0v) is 11.7. The molecular formula is C16H23N3. The van der Waals surface area contributed by atoms with Crippen LogP contribution in [0.25, 0.3) is 0 Å². The minimum absolute atomic E-state index is 0.187. The molecule has 3 nitrogen and oxygen atoms in total. The van der Waals surface area contributed by atoms with Gasteiger partial charge in [-0.25, -0.2) is 0 Å². The summed E-state index contributed by atoms with van der Waals surface area (Å²) in [6.07, 6.45) is 5.45. The molecule has 0 heterocycles. The number of nitrogens with zero attached hydrogens (tertiary/aromatic N) is 1. The first kappa shape index (κ1) is 12.5. The third-order valence-corrected chi connectivity index (χ3v) is 4.14. The van der Waals surface area contributed by atoms with Crippen molar-refractivity contribution in [2.24, 2.45) is 17.6 Å². The highest BCUT2D eigenvalue weighted by Crippen LogP contribution is 2.36. The summed E-state index contributed by atoms with van der Waals surface area (Å²) in [6, 6.07) is 6.24. The Labute approximate surface area is 115 Å². The molecule has 1 aromatic carbocycles. The average molecular weight is 257 g/mol. The van der Waals surface area contributed by atoms with E-state index < -0.39 is 0 Å². The number of nitrogen functional groups attached to an aromatic ring is 1. The van der Waals surface area contributed by atoms with Crippen molar-refractivity contribution in [2.75, 3.05) is 18.0 Å². The van der Waals surface area contributed by atoms with Gasteiger partial charge in [0.25, 0.3) is 0 Å². The summed E-state index contributed by atoms with van der Waals surface area (Å²) in [5.41, 5.74) is 9.07. The Morgan fingerprint density at radius 2 is 1.79 bits per heavy atom. The Bertz CT molecular complexity index is 473. The first-order valence-corrected chi connectivity index (χ1v) is 7.33. The summed E-state index contributed by atoms with van der Waals surface area (Å²) in [4.78, 5) is 2.49. The van der Waals surface area contributed by atoms with Crippen LogP contribution >= 0.6 is 0 Å². The fraction of sp³-hybridized carbons (Fsp3) is 0.562. The van der Waals surface area contributed by atoms with E-state index in [2.05, 4.69) is 17.9 Å². The molecule has 0 amide bonds. The van der Waals surface area contributed by atoms with Crippen LogP contribution in [0.5, 0.6) is 0 Å². The number of anilines is 1. The Balaban J connectivity index is 1.89. The molecule has 0 radical (unpaired) electrons. The molecule has 3 rings (SSSR count). The van der Waals surface area contributed by atoms with Crippen LogP contribution in [-0.2, 0) is 0 Å². The molecule has 0 aliphatic heterocycles. The van der Waals surface area contributed by atoms with Crippen LogP contribution in [0.2, 0.25) is 0 Å². The van der Waals surface area contributed by atoms with Gasteiger partial charge in [0.15, 0.2) is 0 Å². The molecule has 2 aliphatic carbocycles. The second kappa shape index (κ2) is 4.87. The molecule has 2 aliphatic rings. The SMILES string of the molecule is Cc1ccc(C(=N)N)c(N(CC2CC2)CC2CC2)c1. The Kier molecular flexibility index (Phi) is 3.21. The van der Waals surface area contributed by atoms with Crippen molar-refractivity contribution in [1.29, 1.82) is 5.41 Å². The molecule has 0 spiro atoms. The van der Waals surface area contributed by atoms with E-state index in [0.29, 0.717) is 0 Å². The summed E-state index contributed by atoms with van der Waals surface area (Å²) in [5.74, 6) is 1.91. The molecule has 102 valence electrons. The van der Waals surface area contributed by atoms with Crippen molar-refractivity contribution >= 4 is 11.5 Å². The van der Waals surface area contributed by atoms with Crippen molar-refractivity contribution in [3.63, 3.8) is 0 Å². The van der Waals surface area contributed by atoms with Gasteiger partial charge >= 0.3 is 0 Å². The lowest BCUT2D eigenvalue weighted by molar-refractivity contribution is 0.679. The van der Waals surface area contributed by atoms with Crippen molar-refractivity contribution in [3.05, 3.63) is 29.3 Å². The van der Waals surface area contributed by atoms with Crippen LogP contribution in [0.1, 0.15) is 36.8 Å². The third-order valence-electron chi connectivity index (χ3n) is 4.14. The zero-order valence-electron chi connectivity index (χ0n) is 11.7. The number of nitrogens with one attached hydrogen (secondary N) is 1. The Morgan fingerprint density at radius 3 is 2.26 bits per heavy atom. The highest BCUT2D eigenvalue weighted by atomic mass is 15.1. The van der Waals surface area contributed by atoms with E-state index in [1.807, 2.05) is 12.1 Å². The van der Waals surface area contributed by atoms with Gasteiger partial charge in [-0.15, -0.1) is 0 Å². The fourth-order valence-electron chi connectivity index (χ4n) is 2.63. The smallest absolute Gasteiger partial charge is 0.124 e. The second-order valence-corrected chi connectivity index (χ2v) is 6.23. The first-order valence-electron chi connectivity index (χ1n) is 7.33. The molecule has 0 bridgehead atoms. The largest absolute Gasteiger partial charge is 0.384 e. The number of nitrogens with two attached hydrogens (primary N) is 1. The van der Waals surface area contributed by atoms with Crippen molar-refractivity contribution in [3.8, 4) is 0 Å². The van der Waals surface area contributed by atoms with Gasteiger partial charge in [0.05, 0.1) is 0 Å². The first-order chi connectivity index (χ1) is 9.13. The second-order valence-electron chi connectivity index (χ2n) is 6.23. The average Bonchev–Trinajstić information content (AvgIpc) is 3.22. The predicted octanol–water partition coefficient (Wildman–Crippen LogP) is 2.91. The maximum absolute atomic E-state index is 7.79. The van der Waals surface area contributed by atoms with Gasteiger partial charge in [-0.2, -0.15) is 0 Å². The quantitative estimate of drug-likeness (QED) is 0.608. The van der Waals surface area contributed by atoms with E-state index in [9.17, 15) is 0 Å². The molecule has 19 heavy (non-hydrogen) atoms. The van der Waals surface area contributed by atoms with Gasteiger partial charge < -0.3 is 10.6 Å². The van der Waals surface area contributed by atoms with Crippen LogP contribution < -0.4 is 10.6 Å². The lowest BCUT2D eigenvalue weighted by atomic mass is 10.1. The van der Waals surface area contributed by atoms with Gasteiger partial charge in [0, 0.05) is 24.3 Å². The molecule has 0 saturated heterocycles. The van der Waals surface area contributed by atoms with Gasteiger partial charge in [-0.1, -0.05) is 6.07 Å². The Hall–Kier alpha value is -1.51. The zero-order chi connectivity index (χ0) is 13.4. The number of hydrogen-bond donors (Lipinski definition) is 2. The van der Waals surface area contributed by atoms with E-state index in [1.54, 1.807) is 0 Å². The molecule has 3 N–H and O–H groups in total. The molecule has 0 aromatic heterocycles. The fourth-order valence-corrected chi connectivity index (χ4v) is 2.63. The molecule has 0 atom stereocenters. The normalized spacial score (nSPS) is 18.4. The standard InChI is InChI=1S/C16H23N3/c1-11-2-7-14(16(17)18)15(8-11)19(9-12-3-4-12)10-13-5-6-13/h2,7-8,12-13H,3-6,9-10H2,1H3,(H3,17,18). The molecule has 1 aromatic rings. The third kappa shape index (κ3) is 3.09. The van der Waals surface area contributed by atoms with Crippen molar-refractivity contribution in [2.45, 2.75) is 32.6 Å². The molecule has 2 saturated carbocycles. The van der Waals surface area contributed by atoms with E-state index >= 15 is 0 Å². The van der Waals surface area contributed by atoms with Crippen molar-refractivity contribution in [1.82, 2.24) is 0 Å². The number of amidine groups is 1. The van der Waals surface area contributed by atoms with Gasteiger partial charge in [-0.3, -0.25) is 5.41 Å². The molecule has 0 unspecified atom stereocenters. The summed E-state index contributed by atoms with van der Waals surface area (Å²) in [6.45, 7) is 4.39. The predicted molar refractivity (Wildman–Crippen MR) is 79.9 cm³/mol. The maximum atomic E-state index is 7.79. The molecule has 3 heteroatoms. The van der Waals surface area contributed by atoms with Crippen LogP contribution in [0.15, 0.2) is 18.2 Å². The van der Waals surface area contributed by atoms with E-state index in [-0.39, 0.29) is 5.84 Å². The minimum Gasteiger partial charge on any atom is -0.384 e. The van der Waals surface area contributed by atoms with E-state index in [0.717, 1.165) is 30.5 Å². The highest BCUT2D eigenvalue weighted by Gasteiger charge is 2.30. The van der Waals surface area contributed by atoms with Crippen LogP contribution in [0.4, 0.5) is 5.69 Å². The topological polar surface area (TPSA) is 53.1 Å². The minimum atomic E-state index is 0.187. The summed E-state index contributed by atoms with van der Waals surface area (Å²) in [7, 11) is 0. The Morgan fingerprint density at radius 1 is 1.21 bits per heavy atom.